The molecule has 1 nitrogen and oxygen atoms in total. The molecule has 0 N–H and O–H groups in total. The van der Waals surface area contributed by atoms with Crippen molar-refractivity contribution in [3.8, 4) is 0 Å². The van der Waals surface area contributed by atoms with Crippen LogP contribution >= 0.6 is 23.5 Å². The van der Waals surface area contributed by atoms with E-state index in [1.54, 1.807) is 0 Å². The van der Waals surface area contributed by atoms with Crippen molar-refractivity contribution in [1.29, 1.82) is 0 Å². The summed E-state index contributed by atoms with van der Waals surface area (Å²) in [5, 5.41) is 0. The Morgan fingerprint density at radius 1 is 0.737 bits per heavy atom. The van der Waals surface area contributed by atoms with Crippen LogP contribution in [0.5, 0.6) is 0 Å². The fraction of sp³-hybridized carbons (Fsp3) is 1.00. The van der Waals surface area contributed by atoms with Crippen molar-refractivity contribution in [2.75, 3.05) is 36.2 Å². The average molecular weight is 355 g/mol. The van der Waals surface area contributed by atoms with E-state index in [0.717, 1.165) is 24.6 Å². The van der Waals surface area contributed by atoms with E-state index in [9.17, 15) is 16.4 Å². The van der Waals surface area contributed by atoms with Crippen LogP contribution in [0, 0.1) is 0 Å². The lowest BCUT2D eigenvalue weighted by Crippen LogP contribution is -2.17. The summed E-state index contributed by atoms with van der Waals surface area (Å²) in [6, 6.07) is 0.0608. The van der Waals surface area contributed by atoms with Gasteiger partial charge in [-0.2, -0.15) is 23.5 Å². The normalized spacial score (nSPS) is 12.9. The standard InChI is InChI=1S/C10H22F4OS2Si2/c1-18(11,12)9-7-16-5-3-15-4-6-17-8-10-19(2,13)14/h3-10H2,1-2H3. The fourth-order valence-corrected chi connectivity index (χ4v) is 5.95. The van der Waals surface area contributed by atoms with Crippen molar-refractivity contribution in [3.05, 3.63) is 0 Å². The summed E-state index contributed by atoms with van der Waals surface area (Å²) in [5.41, 5.74) is 0. The first-order chi connectivity index (χ1) is 8.71. The van der Waals surface area contributed by atoms with Gasteiger partial charge in [-0.25, -0.2) is 0 Å². The van der Waals surface area contributed by atoms with Crippen LogP contribution in [0.15, 0.2) is 0 Å². The number of halogens is 4. The quantitative estimate of drug-likeness (QED) is 0.221. The van der Waals surface area contributed by atoms with Crippen molar-refractivity contribution in [1.82, 2.24) is 0 Å². The number of hydrogen-bond acceptors (Lipinski definition) is 3. The molecule has 0 aliphatic carbocycles. The molecule has 0 amide bonds. The third-order valence-corrected chi connectivity index (χ3v) is 6.99. The third-order valence-electron chi connectivity index (χ3n) is 2.11. The Morgan fingerprint density at radius 2 is 1.11 bits per heavy atom. The second-order valence-corrected chi connectivity index (χ2v) is 12.2. The van der Waals surface area contributed by atoms with Gasteiger partial charge < -0.3 is 4.74 Å². The van der Waals surface area contributed by atoms with Crippen molar-refractivity contribution in [2.24, 2.45) is 0 Å². The molecule has 0 saturated carbocycles. The average Bonchev–Trinajstić information content (AvgIpc) is 2.22. The Morgan fingerprint density at radius 3 is 1.42 bits per heavy atom. The zero-order valence-corrected chi connectivity index (χ0v) is 15.0. The van der Waals surface area contributed by atoms with Crippen LogP contribution in [0.4, 0.5) is 16.4 Å². The SMILES string of the molecule is C[Si](F)(F)CCSCCOCCSCC[Si](C)(F)F. The molecule has 0 aromatic rings. The van der Waals surface area contributed by atoms with Crippen LogP contribution in [-0.2, 0) is 4.74 Å². The van der Waals surface area contributed by atoms with Crippen LogP contribution in [0.2, 0.25) is 25.2 Å². The highest BCUT2D eigenvalue weighted by atomic mass is 32.2. The van der Waals surface area contributed by atoms with Gasteiger partial charge in [-0.15, -0.1) is 0 Å². The molecule has 0 fully saturated rings. The summed E-state index contributed by atoms with van der Waals surface area (Å²) in [6.07, 6.45) is 0. The maximum absolute atomic E-state index is 12.6. The summed E-state index contributed by atoms with van der Waals surface area (Å²) in [6.45, 7) is 3.20. The van der Waals surface area contributed by atoms with Gasteiger partial charge in [-0.05, 0) is 24.6 Å². The van der Waals surface area contributed by atoms with Crippen LogP contribution < -0.4 is 0 Å². The first-order valence-electron chi connectivity index (χ1n) is 6.20. The number of ether oxygens (including phenoxy) is 1. The molecule has 0 heterocycles. The summed E-state index contributed by atoms with van der Waals surface area (Å²) in [4.78, 5) is 0. The van der Waals surface area contributed by atoms with E-state index in [1.165, 1.54) is 23.5 Å². The molecule has 0 aliphatic heterocycles. The first-order valence-corrected chi connectivity index (χ1v) is 13.4. The van der Waals surface area contributed by atoms with Gasteiger partial charge in [0.15, 0.2) is 0 Å². The van der Waals surface area contributed by atoms with Crippen molar-refractivity contribution >= 4 is 41.0 Å². The summed E-state index contributed by atoms with van der Waals surface area (Å²) < 4.78 is 55.7. The lowest BCUT2D eigenvalue weighted by atomic mass is 10.8. The predicted octanol–water partition coefficient (Wildman–Crippen LogP) is 4.49. The predicted molar refractivity (Wildman–Crippen MR) is 82.8 cm³/mol. The summed E-state index contributed by atoms with van der Waals surface area (Å²) >= 11 is 2.96. The second kappa shape index (κ2) is 10.5. The van der Waals surface area contributed by atoms with Crippen molar-refractivity contribution in [2.45, 2.75) is 25.2 Å². The van der Waals surface area contributed by atoms with Gasteiger partial charge in [0.25, 0.3) is 0 Å². The van der Waals surface area contributed by atoms with E-state index in [-0.39, 0.29) is 12.1 Å². The Labute approximate surface area is 124 Å². The summed E-state index contributed by atoms with van der Waals surface area (Å²) in [7, 11) is -7.77. The third kappa shape index (κ3) is 18.8. The maximum Gasteiger partial charge on any atom is 0.422 e. The molecule has 0 aromatic heterocycles. The Kier molecular flexibility index (Phi) is 11.0. The number of rotatable bonds is 12. The Hall–Kier alpha value is 0.814. The zero-order valence-electron chi connectivity index (χ0n) is 11.4. The van der Waals surface area contributed by atoms with Crippen LogP contribution in [-0.4, -0.2) is 53.7 Å². The molecule has 0 aromatic carbocycles. The number of hydrogen-bond donors (Lipinski definition) is 0. The minimum absolute atomic E-state index is 0.0304. The van der Waals surface area contributed by atoms with Gasteiger partial charge in [0.1, 0.15) is 0 Å². The molecular weight excluding hydrogens is 332 g/mol. The Balaban J connectivity index is 3.12. The molecule has 0 radical (unpaired) electrons. The van der Waals surface area contributed by atoms with Gasteiger partial charge in [0.2, 0.25) is 0 Å². The molecule has 0 unspecified atom stereocenters. The zero-order chi connectivity index (χ0) is 14.8. The number of thioether (sulfide) groups is 2. The van der Waals surface area contributed by atoms with E-state index < -0.39 is 17.5 Å². The van der Waals surface area contributed by atoms with Crippen molar-refractivity contribution < 1.29 is 21.2 Å². The first kappa shape index (κ1) is 19.8. The van der Waals surface area contributed by atoms with Gasteiger partial charge >= 0.3 is 17.5 Å². The molecule has 116 valence electrons. The van der Waals surface area contributed by atoms with Gasteiger partial charge in [-0.3, -0.25) is 16.4 Å². The Bertz CT molecular complexity index is 203. The van der Waals surface area contributed by atoms with Gasteiger partial charge in [0, 0.05) is 23.6 Å². The molecule has 19 heavy (non-hydrogen) atoms. The highest BCUT2D eigenvalue weighted by Crippen LogP contribution is 2.17. The van der Waals surface area contributed by atoms with Crippen LogP contribution in [0.1, 0.15) is 0 Å². The molecule has 0 saturated heterocycles. The maximum atomic E-state index is 12.6. The monoisotopic (exact) mass is 354 g/mol. The largest absolute Gasteiger partial charge is 0.422 e. The smallest absolute Gasteiger partial charge is 0.380 e. The van der Waals surface area contributed by atoms with E-state index in [1.807, 2.05) is 0 Å². The topological polar surface area (TPSA) is 9.23 Å². The minimum Gasteiger partial charge on any atom is -0.380 e. The lowest BCUT2D eigenvalue weighted by Gasteiger charge is -2.07. The van der Waals surface area contributed by atoms with Gasteiger partial charge in [-0.1, -0.05) is 0 Å². The fourth-order valence-electron chi connectivity index (χ4n) is 1.04. The minimum atomic E-state index is -3.89. The van der Waals surface area contributed by atoms with E-state index in [0.29, 0.717) is 24.7 Å². The second-order valence-electron chi connectivity index (χ2n) is 4.48. The van der Waals surface area contributed by atoms with Crippen molar-refractivity contribution in [3.63, 3.8) is 0 Å². The van der Waals surface area contributed by atoms with E-state index in [4.69, 9.17) is 4.74 Å². The van der Waals surface area contributed by atoms with E-state index in [2.05, 4.69) is 0 Å². The van der Waals surface area contributed by atoms with Crippen LogP contribution in [0.3, 0.4) is 0 Å². The highest BCUT2D eigenvalue weighted by Gasteiger charge is 2.27. The molecule has 9 heteroatoms. The lowest BCUT2D eigenvalue weighted by molar-refractivity contribution is 0.167. The molecule has 0 spiro atoms. The van der Waals surface area contributed by atoms with E-state index >= 15 is 0 Å². The molecule has 0 aliphatic rings. The van der Waals surface area contributed by atoms with Gasteiger partial charge in [0.05, 0.1) is 13.2 Å². The molecule has 0 rings (SSSR count). The molecule has 0 atom stereocenters. The van der Waals surface area contributed by atoms with Crippen LogP contribution in [0.25, 0.3) is 0 Å². The molecule has 0 bridgehead atoms. The molecular formula is C10H22F4OS2Si2. The highest BCUT2D eigenvalue weighted by molar-refractivity contribution is 7.99. The summed E-state index contributed by atoms with van der Waals surface area (Å²) in [5.74, 6) is 2.41.